The van der Waals surface area contributed by atoms with Gasteiger partial charge in [0.2, 0.25) is 0 Å². The molecule has 0 spiro atoms. The van der Waals surface area contributed by atoms with Crippen molar-refractivity contribution >= 4 is 0 Å². The van der Waals surface area contributed by atoms with Crippen molar-refractivity contribution in [2.45, 2.75) is 58.9 Å². The summed E-state index contributed by atoms with van der Waals surface area (Å²) in [5.74, 6) is 0.957. The molecule has 0 aromatic heterocycles. The van der Waals surface area contributed by atoms with Crippen LogP contribution < -0.4 is 10.5 Å². The fourth-order valence-electron chi connectivity index (χ4n) is 4.74. The molecule has 2 heteroatoms. The maximum Gasteiger partial charge on any atom is 0.122 e. The summed E-state index contributed by atoms with van der Waals surface area (Å²) in [7, 11) is 1.73. The molecule has 1 fully saturated rings. The van der Waals surface area contributed by atoms with Gasteiger partial charge in [-0.05, 0) is 48.1 Å². The van der Waals surface area contributed by atoms with E-state index in [-0.39, 0.29) is 5.54 Å². The summed E-state index contributed by atoms with van der Waals surface area (Å²) < 4.78 is 5.48. The molecule has 1 aromatic carbocycles. The number of hydrogen-bond acceptors (Lipinski definition) is 2. The van der Waals surface area contributed by atoms with Gasteiger partial charge in [-0.1, -0.05) is 45.9 Å². The third-order valence-corrected chi connectivity index (χ3v) is 4.35. The van der Waals surface area contributed by atoms with Gasteiger partial charge < -0.3 is 10.5 Å². The van der Waals surface area contributed by atoms with E-state index in [4.69, 9.17) is 10.5 Å². The lowest BCUT2D eigenvalue weighted by Gasteiger charge is -2.50. The standard InChI is InChI=1S/C18H29NO/c1-16(2)11-17(3,4)13-18(19,12-16)10-14-8-6-7-9-15(14)20-5/h6-9H,10-13,19H2,1-5H3. The summed E-state index contributed by atoms with van der Waals surface area (Å²) in [6.45, 7) is 9.38. The molecule has 20 heavy (non-hydrogen) atoms. The lowest BCUT2D eigenvalue weighted by atomic mass is 9.57. The fraction of sp³-hybridized carbons (Fsp3) is 0.667. The van der Waals surface area contributed by atoms with E-state index in [1.54, 1.807) is 7.11 Å². The predicted octanol–water partition coefficient (Wildman–Crippen LogP) is 4.17. The Balaban J connectivity index is 2.26. The van der Waals surface area contributed by atoms with Gasteiger partial charge in [-0.3, -0.25) is 0 Å². The molecule has 0 unspecified atom stereocenters. The molecule has 0 amide bonds. The number of methoxy groups -OCH3 is 1. The normalized spacial score (nSPS) is 23.3. The number of ether oxygens (including phenoxy) is 1. The van der Waals surface area contributed by atoms with Gasteiger partial charge in [0.05, 0.1) is 7.11 Å². The molecule has 2 rings (SSSR count). The van der Waals surface area contributed by atoms with Crippen LogP contribution in [0.3, 0.4) is 0 Å². The Labute approximate surface area is 123 Å². The van der Waals surface area contributed by atoms with Crippen LogP contribution in [0.15, 0.2) is 24.3 Å². The largest absolute Gasteiger partial charge is 0.496 e. The highest BCUT2D eigenvalue weighted by Gasteiger charge is 2.45. The Kier molecular flexibility index (Phi) is 3.90. The van der Waals surface area contributed by atoms with Crippen molar-refractivity contribution in [2.24, 2.45) is 16.6 Å². The minimum Gasteiger partial charge on any atom is -0.496 e. The van der Waals surface area contributed by atoms with E-state index >= 15 is 0 Å². The lowest BCUT2D eigenvalue weighted by Crippen LogP contribution is -2.53. The first-order valence-corrected chi connectivity index (χ1v) is 7.56. The average Bonchev–Trinajstić information content (AvgIpc) is 2.23. The summed E-state index contributed by atoms with van der Waals surface area (Å²) in [4.78, 5) is 0. The van der Waals surface area contributed by atoms with Gasteiger partial charge in [-0.25, -0.2) is 0 Å². The fourth-order valence-corrected chi connectivity index (χ4v) is 4.74. The van der Waals surface area contributed by atoms with Crippen molar-refractivity contribution in [3.63, 3.8) is 0 Å². The van der Waals surface area contributed by atoms with Gasteiger partial charge in [0.15, 0.2) is 0 Å². The molecule has 2 nitrogen and oxygen atoms in total. The summed E-state index contributed by atoms with van der Waals surface area (Å²) in [5, 5.41) is 0. The van der Waals surface area contributed by atoms with Crippen molar-refractivity contribution in [1.82, 2.24) is 0 Å². The summed E-state index contributed by atoms with van der Waals surface area (Å²) >= 11 is 0. The van der Waals surface area contributed by atoms with E-state index in [0.29, 0.717) is 10.8 Å². The molecule has 0 atom stereocenters. The van der Waals surface area contributed by atoms with Gasteiger partial charge in [0.1, 0.15) is 5.75 Å². The van der Waals surface area contributed by atoms with Gasteiger partial charge in [-0.2, -0.15) is 0 Å². The lowest BCUT2D eigenvalue weighted by molar-refractivity contribution is 0.0484. The zero-order chi connectivity index (χ0) is 15.0. The molecule has 0 aliphatic heterocycles. The van der Waals surface area contributed by atoms with Crippen LogP contribution in [0.2, 0.25) is 0 Å². The second kappa shape index (κ2) is 5.07. The minimum atomic E-state index is -0.139. The molecule has 0 saturated heterocycles. The molecule has 1 aromatic rings. The third kappa shape index (κ3) is 3.54. The van der Waals surface area contributed by atoms with Crippen LogP contribution in [0, 0.1) is 10.8 Å². The Bertz CT molecular complexity index is 460. The van der Waals surface area contributed by atoms with Crippen molar-refractivity contribution in [3.8, 4) is 5.75 Å². The maximum absolute atomic E-state index is 6.81. The van der Waals surface area contributed by atoms with E-state index in [1.807, 2.05) is 12.1 Å². The summed E-state index contributed by atoms with van der Waals surface area (Å²) in [5.41, 5.74) is 8.51. The van der Waals surface area contributed by atoms with Gasteiger partial charge in [0, 0.05) is 5.54 Å². The zero-order valence-electron chi connectivity index (χ0n) is 13.6. The van der Waals surface area contributed by atoms with E-state index in [1.165, 1.54) is 12.0 Å². The van der Waals surface area contributed by atoms with E-state index in [9.17, 15) is 0 Å². The molecule has 112 valence electrons. The SMILES string of the molecule is COc1ccccc1CC1(N)CC(C)(C)CC(C)(C)C1. The van der Waals surface area contributed by atoms with Crippen molar-refractivity contribution in [2.75, 3.05) is 7.11 Å². The van der Waals surface area contributed by atoms with Crippen LogP contribution in [0.1, 0.15) is 52.5 Å². The summed E-state index contributed by atoms with van der Waals surface area (Å²) in [6.07, 6.45) is 4.28. The molecule has 0 radical (unpaired) electrons. The smallest absolute Gasteiger partial charge is 0.122 e. The number of para-hydroxylation sites is 1. The van der Waals surface area contributed by atoms with E-state index < -0.39 is 0 Å². The van der Waals surface area contributed by atoms with Gasteiger partial charge >= 0.3 is 0 Å². The minimum absolute atomic E-state index is 0.139. The highest BCUT2D eigenvalue weighted by Crippen LogP contribution is 2.50. The highest BCUT2D eigenvalue weighted by molar-refractivity contribution is 5.35. The first kappa shape index (κ1) is 15.4. The average molecular weight is 275 g/mol. The van der Waals surface area contributed by atoms with Crippen molar-refractivity contribution in [3.05, 3.63) is 29.8 Å². The topological polar surface area (TPSA) is 35.2 Å². The maximum atomic E-state index is 6.81. The van der Waals surface area contributed by atoms with E-state index in [2.05, 4.69) is 39.8 Å². The summed E-state index contributed by atoms with van der Waals surface area (Å²) in [6, 6.07) is 8.25. The first-order chi connectivity index (χ1) is 9.15. The molecule has 2 N–H and O–H groups in total. The Morgan fingerprint density at radius 1 is 1.00 bits per heavy atom. The number of hydrogen-bond donors (Lipinski definition) is 1. The number of nitrogens with two attached hydrogens (primary N) is 1. The zero-order valence-corrected chi connectivity index (χ0v) is 13.6. The van der Waals surface area contributed by atoms with Crippen LogP contribution >= 0.6 is 0 Å². The molecule has 1 aliphatic rings. The molecule has 1 aliphatic carbocycles. The quantitative estimate of drug-likeness (QED) is 0.898. The predicted molar refractivity (Wildman–Crippen MR) is 85.0 cm³/mol. The molecular formula is C18H29NO. The van der Waals surface area contributed by atoms with Crippen molar-refractivity contribution in [1.29, 1.82) is 0 Å². The Hall–Kier alpha value is -1.02. The molecular weight excluding hydrogens is 246 g/mol. The first-order valence-electron chi connectivity index (χ1n) is 7.56. The second-order valence-electron chi connectivity index (χ2n) is 8.21. The molecule has 0 bridgehead atoms. The van der Waals surface area contributed by atoms with E-state index in [0.717, 1.165) is 25.0 Å². The molecule has 0 heterocycles. The van der Waals surface area contributed by atoms with Crippen LogP contribution in [0.4, 0.5) is 0 Å². The monoisotopic (exact) mass is 275 g/mol. The van der Waals surface area contributed by atoms with Crippen LogP contribution in [0.5, 0.6) is 5.75 Å². The van der Waals surface area contributed by atoms with Crippen LogP contribution in [0.25, 0.3) is 0 Å². The number of rotatable bonds is 3. The second-order valence-corrected chi connectivity index (χ2v) is 8.21. The van der Waals surface area contributed by atoms with Crippen molar-refractivity contribution < 1.29 is 4.74 Å². The molecule has 1 saturated carbocycles. The van der Waals surface area contributed by atoms with Crippen LogP contribution in [-0.2, 0) is 6.42 Å². The highest BCUT2D eigenvalue weighted by atomic mass is 16.5. The van der Waals surface area contributed by atoms with Gasteiger partial charge in [-0.15, -0.1) is 0 Å². The van der Waals surface area contributed by atoms with Crippen LogP contribution in [-0.4, -0.2) is 12.6 Å². The number of benzene rings is 1. The Morgan fingerprint density at radius 3 is 2.10 bits per heavy atom. The van der Waals surface area contributed by atoms with Gasteiger partial charge in [0.25, 0.3) is 0 Å². The Morgan fingerprint density at radius 2 is 1.55 bits per heavy atom. The third-order valence-electron chi connectivity index (χ3n) is 4.35.